The van der Waals surface area contributed by atoms with Crippen molar-refractivity contribution in [3.63, 3.8) is 0 Å². The second kappa shape index (κ2) is 6.72. The number of nitrogens with zero attached hydrogens (tertiary/aromatic N) is 2. The van der Waals surface area contributed by atoms with E-state index in [1.54, 1.807) is 12.1 Å². The Morgan fingerprint density at radius 3 is 2.65 bits per heavy atom. The molecule has 0 aliphatic heterocycles. The molecule has 0 fully saturated rings. The molecule has 0 unspecified atom stereocenters. The predicted octanol–water partition coefficient (Wildman–Crippen LogP) is 3.09. The lowest BCUT2D eigenvalue weighted by Crippen LogP contribution is -2.33. The molecule has 2 rings (SSSR count). The van der Waals surface area contributed by atoms with Crippen LogP contribution in [-0.4, -0.2) is 35.3 Å². The number of hydrogen-bond donors (Lipinski definition) is 0. The highest BCUT2D eigenvalue weighted by atomic mass is 19.3. The first kappa shape index (κ1) is 16.9. The van der Waals surface area contributed by atoms with Crippen LogP contribution in [0.15, 0.2) is 24.3 Å². The van der Waals surface area contributed by atoms with Crippen LogP contribution in [0.1, 0.15) is 25.6 Å². The zero-order valence-corrected chi connectivity index (χ0v) is 12.7. The molecule has 1 heterocycles. The van der Waals surface area contributed by atoms with Crippen LogP contribution < -0.4 is 0 Å². The minimum atomic E-state index is -4.07. The summed E-state index contributed by atoms with van der Waals surface area (Å²) in [6.45, 7) is 1.99. The Morgan fingerprint density at radius 2 is 2.00 bits per heavy atom. The molecule has 2 aromatic rings. The lowest BCUT2D eigenvalue weighted by molar-refractivity contribution is -0.171. The molecule has 8 heteroatoms. The Morgan fingerprint density at radius 1 is 1.30 bits per heavy atom. The van der Waals surface area contributed by atoms with Gasteiger partial charge in [-0.05, 0) is 18.6 Å². The maximum atomic E-state index is 14.2. The molecule has 0 N–H and O–H groups in total. The SMILES string of the molecule is CCCCOC(=O)n1c(C(F)(F)C(=O)OC)nc2ccccc21. The van der Waals surface area contributed by atoms with Gasteiger partial charge in [0.05, 0.1) is 24.8 Å². The van der Waals surface area contributed by atoms with E-state index in [0.29, 0.717) is 11.0 Å². The highest BCUT2D eigenvalue weighted by Gasteiger charge is 2.48. The molecule has 0 bridgehead atoms. The maximum absolute atomic E-state index is 14.2. The Hall–Kier alpha value is -2.51. The largest absolute Gasteiger partial charge is 0.464 e. The number of carbonyl (C=O) groups excluding carboxylic acids is 2. The van der Waals surface area contributed by atoms with E-state index < -0.39 is 23.8 Å². The number of aromatic nitrogens is 2. The summed E-state index contributed by atoms with van der Waals surface area (Å²) in [5.41, 5.74) is 0.283. The van der Waals surface area contributed by atoms with Crippen LogP contribution in [0.5, 0.6) is 0 Å². The molecule has 1 aromatic heterocycles. The van der Waals surface area contributed by atoms with E-state index in [1.165, 1.54) is 12.1 Å². The summed E-state index contributed by atoms with van der Waals surface area (Å²) in [5, 5.41) is 0. The van der Waals surface area contributed by atoms with Crippen molar-refractivity contribution >= 4 is 23.1 Å². The standard InChI is InChI=1S/C15H16F2N2O4/c1-3-4-9-23-14(21)19-11-8-6-5-7-10(11)18-12(19)15(16,17)13(20)22-2/h5-8H,3-4,9H2,1-2H3. The van der Waals surface area contributed by atoms with Gasteiger partial charge >= 0.3 is 18.0 Å². The van der Waals surface area contributed by atoms with Crippen molar-refractivity contribution in [1.82, 2.24) is 9.55 Å². The van der Waals surface area contributed by atoms with Gasteiger partial charge in [-0.2, -0.15) is 8.78 Å². The van der Waals surface area contributed by atoms with Gasteiger partial charge in [0.1, 0.15) is 0 Å². The van der Waals surface area contributed by atoms with E-state index in [9.17, 15) is 18.4 Å². The van der Waals surface area contributed by atoms with Gasteiger partial charge < -0.3 is 9.47 Å². The van der Waals surface area contributed by atoms with E-state index in [1.807, 2.05) is 6.92 Å². The number of methoxy groups -OCH3 is 1. The first-order valence-corrected chi connectivity index (χ1v) is 7.04. The van der Waals surface area contributed by atoms with Gasteiger partial charge in [-0.15, -0.1) is 0 Å². The van der Waals surface area contributed by atoms with Gasteiger partial charge in [0.2, 0.25) is 5.82 Å². The zero-order valence-electron chi connectivity index (χ0n) is 12.7. The molecule has 6 nitrogen and oxygen atoms in total. The average molecular weight is 326 g/mol. The molecule has 23 heavy (non-hydrogen) atoms. The molecule has 0 aliphatic carbocycles. The van der Waals surface area contributed by atoms with Gasteiger partial charge in [0.25, 0.3) is 0 Å². The van der Waals surface area contributed by atoms with Crippen LogP contribution in [0.25, 0.3) is 11.0 Å². The van der Waals surface area contributed by atoms with Crippen LogP contribution >= 0.6 is 0 Å². The van der Waals surface area contributed by atoms with Crippen LogP contribution in [0.3, 0.4) is 0 Å². The summed E-state index contributed by atoms with van der Waals surface area (Å²) < 4.78 is 38.2. The van der Waals surface area contributed by atoms with Crippen LogP contribution in [-0.2, 0) is 20.2 Å². The van der Waals surface area contributed by atoms with Gasteiger partial charge in [0.15, 0.2) is 0 Å². The summed E-state index contributed by atoms with van der Waals surface area (Å²) in [6, 6.07) is 6.06. The van der Waals surface area contributed by atoms with E-state index in [0.717, 1.165) is 13.5 Å². The topological polar surface area (TPSA) is 70.4 Å². The molecule has 1 aromatic carbocycles. The second-order valence-corrected chi connectivity index (χ2v) is 4.79. The molecule has 0 saturated carbocycles. The number of carbonyl (C=O) groups is 2. The lowest BCUT2D eigenvalue weighted by atomic mass is 10.3. The molecule has 0 amide bonds. The fraction of sp³-hybridized carbons (Fsp3) is 0.400. The summed E-state index contributed by atoms with van der Waals surface area (Å²) in [5.74, 6) is -6.89. The van der Waals surface area contributed by atoms with E-state index in [4.69, 9.17) is 4.74 Å². The number of unbranched alkanes of at least 4 members (excludes halogenated alkanes) is 1. The Balaban J connectivity index is 2.54. The number of esters is 1. The third-order valence-electron chi connectivity index (χ3n) is 3.19. The number of hydrogen-bond acceptors (Lipinski definition) is 5. The van der Waals surface area contributed by atoms with Crippen molar-refractivity contribution < 1.29 is 27.8 Å². The number of fused-ring (bicyclic) bond motifs is 1. The van der Waals surface area contributed by atoms with Crippen molar-refractivity contribution in [2.45, 2.75) is 25.7 Å². The zero-order chi connectivity index (χ0) is 17.0. The molecule has 0 spiro atoms. The first-order valence-electron chi connectivity index (χ1n) is 7.04. The summed E-state index contributed by atoms with van der Waals surface area (Å²) in [6.07, 6.45) is 0.371. The van der Waals surface area contributed by atoms with Crippen molar-refractivity contribution in [2.75, 3.05) is 13.7 Å². The Kier molecular flexibility index (Phi) is 4.92. The average Bonchev–Trinajstić information content (AvgIpc) is 2.94. The minimum Gasteiger partial charge on any atom is -0.464 e. The Bertz CT molecular complexity index is 727. The monoisotopic (exact) mass is 326 g/mol. The number of ether oxygens (including phenoxy) is 2. The van der Waals surface area contributed by atoms with Crippen LogP contribution in [0.2, 0.25) is 0 Å². The van der Waals surface area contributed by atoms with E-state index in [2.05, 4.69) is 9.72 Å². The summed E-state index contributed by atoms with van der Waals surface area (Å²) in [4.78, 5) is 27.3. The van der Waals surface area contributed by atoms with Crippen LogP contribution in [0.4, 0.5) is 13.6 Å². The predicted molar refractivity (Wildman–Crippen MR) is 77.3 cm³/mol. The minimum absolute atomic E-state index is 0.0884. The fourth-order valence-corrected chi connectivity index (χ4v) is 2.01. The lowest BCUT2D eigenvalue weighted by Gasteiger charge is -2.14. The van der Waals surface area contributed by atoms with Gasteiger partial charge in [-0.1, -0.05) is 25.5 Å². The van der Waals surface area contributed by atoms with E-state index in [-0.39, 0.29) is 17.6 Å². The first-order chi connectivity index (χ1) is 10.9. The van der Waals surface area contributed by atoms with Gasteiger partial charge in [-0.3, -0.25) is 0 Å². The van der Waals surface area contributed by atoms with E-state index >= 15 is 0 Å². The van der Waals surface area contributed by atoms with Crippen molar-refractivity contribution in [1.29, 1.82) is 0 Å². The number of benzene rings is 1. The molecule has 124 valence electrons. The number of alkyl halides is 2. The fourth-order valence-electron chi connectivity index (χ4n) is 2.01. The Labute approximate surface area is 131 Å². The smallest absolute Gasteiger partial charge is 0.420 e. The number of imidazole rings is 1. The molecular weight excluding hydrogens is 310 g/mol. The molecule has 0 radical (unpaired) electrons. The normalized spacial score (nSPS) is 11.5. The number of para-hydroxylation sites is 2. The molecule has 0 atom stereocenters. The van der Waals surface area contributed by atoms with Gasteiger partial charge in [0, 0.05) is 0 Å². The van der Waals surface area contributed by atoms with Crippen LogP contribution in [0, 0.1) is 0 Å². The molecule has 0 aliphatic rings. The number of rotatable bonds is 5. The third-order valence-corrected chi connectivity index (χ3v) is 3.19. The summed E-state index contributed by atoms with van der Waals surface area (Å²) >= 11 is 0. The van der Waals surface area contributed by atoms with Gasteiger partial charge in [-0.25, -0.2) is 19.1 Å². The number of halogens is 2. The molecular formula is C15H16F2N2O4. The maximum Gasteiger partial charge on any atom is 0.420 e. The quantitative estimate of drug-likeness (QED) is 0.624. The third kappa shape index (κ3) is 3.15. The molecule has 0 saturated heterocycles. The van der Waals surface area contributed by atoms with Crippen molar-refractivity contribution in [3.05, 3.63) is 30.1 Å². The highest BCUT2D eigenvalue weighted by molar-refractivity contribution is 5.90. The summed E-state index contributed by atoms with van der Waals surface area (Å²) in [7, 11) is 0.836. The second-order valence-electron chi connectivity index (χ2n) is 4.79. The highest BCUT2D eigenvalue weighted by Crippen LogP contribution is 2.31. The van der Waals surface area contributed by atoms with Crippen molar-refractivity contribution in [3.8, 4) is 0 Å². The van der Waals surface area contributed by atoms with Crippen molar-refractivity contribution in [2.24, 2.45) is 0 Å².